The smallest absolute Gasteiger partial charge is 0.281 e. The molecule has 0 radical (unpaired) electrons. The summed E-state index contributed by atoms with van der Waals surface area (Å²) >= 11 is 0. The van der Waals surface area contributed by atoms with Gasteiger partial charge in [-0.05, 0) is 31.2 Å². The number of hydrogen-bond acceptors (Lipinski definition) is 5. The minimum Gasteiger partial charge on any atom is -0.342 e. The molecule has 1 atom stereocenters. The molecule has 1 N–H and O–H groups in total. The van der Waals surface area contributed by atoms with E-state index in [4.69, 9.17) is 4.98 Å². The lowest BCUT2D eigenvalue weighted by molar-refractivity contribution is -0.137. The number of nitrogens with zero attached hydrogens (tertiary/aromatic N) is 5. The molecular weight excluding hydrogens is 380 g/mol. The molecule has 3 heterocycles. The fourth-order valence-electron chi connectivity index (χ4n) is 4.24. The topological polar surface area (TPSA) is 96.8 Å². The van der Waals surface area contributed by atoms with E-state index in [1.165, 1.54) is 0 Å². The number of hydrogen-bond donors (Lipinski definition) is 1. The van der Waals surface area contributed by atoms with E-state index >= 15 is 0 Å². The van der Waals surface area contributed by atoms with Gasteiger partial charge in [0.25, 0.3) is 5.56 Å². The van der Waals surface area contributed by atoms with E-state index in [9.17, 15) is 9.59 Å². The van der Waals surface area contributed by atoms with Crippen LogP contribution in [0.25, 0.3) is 11.2 Å². The molecular formula is C22H28N6O2. The molecule has 1 aliphatic heterocycles. The van der Waals surface area contributed by atoms with Crippen molar-refractivity contribution in [2.45, 2.75) is 52.0 Å². The zero-order chi connectivity index (χ0) is 21.1. The molecule has 8 heteroatoms. The van der Waals surface area contributed by atoms with Crippen LogP contribution in [-0.2, 0) is 11.3 Å². The molecule has 2 aromatic heterocycles. The van der Waals surface area contributed by atoms with E-state index < -0.39 is 0 Å². The van der Waals surface area contributed by atoms with Crippen molar-refractivity contribution in [1.29, 1.82) is 0 Å². The molecule has 0 aliphatic carbocycles. The molecule has 1 aliphatic rings. The molecule has 3 aromatic rings. The first kappa shape index (κ1) is 20.3. The Hall–Kier alpha value is -3.03. The van der Waals surface area contributed by atoms with Gasteiger partial charge in [-0.1, -0.05) is 49.4 Å². The van der Waals surface area contributed by atoms with Gasteiger partial charge in [0.2, 0.25) is 5.91 Å². The molecule has 0 saturated carbocycles. The van der Waals surface area contributed by atoms with Crippen molar-refractivity contribution < 1.29 is 4.79 Å². The van der Waals surface area contributed by atoms with Crippen molar-refractivity contribution in [3.8, 4) is 0 Å². The Labute approximate surface area is 175 Å². The Morgan fingerprint density at radius 2 is 2.00 bits per heavy atom. The van der Waals surface area contributed by atoms with Crippen LogP contribution >= 0.6 is 0 Å². The van der Waals surface area contributed by atoms with Crippen LogP contribution in [0.2, 0.25) is 0 Å². The van der Waals surface area contributed by atoms with Crippen molar-refractivity contribution in [2.24, 2.45) is 5.92 Å². The zero-order valence-corrected chi connectivity index (χ0v) is 17.5. The lowest BCUT2D eigenvalue weighted by atomic mass is 9.94. The summed E-state index contributed by atoms with van der Waals surface area (Å²) < 4.78 is 1.67. The third-order valence-electron chi connectivity index (χ3n) is 6.02. The van der Waals surface area contributed by atoms with Gasteiger partial charge in [0.15, 0.2) is 11.2 Å². The summed E-state index contributed by atoms with van der Waals surface area (Å²) in [5, 5.41) is 8.18. The highest BCUT2D eigenvalue weighted by molar-refractivity contribution is 5.79. The number of carbonyl (C=O) groups excluding carboxylic acids is 1. The Kier molecular flexibility index (Phi) is 5.92. The second kappa shape index (κ2) is 8.77. The van der Waals surface area contributed by atoms with Gasteiger partial charge in [-0.25, -0.2) is 9.67 Å². The lowest BCUT2D eigenvalue weighted by Crippen LogP contribution is -2.42. The van der Waals surface area contributed by atoms with Gasteiger partial charge in [0.1, 0.15) is 5.82 Å². The Bertz CT molecular complexity index is 1070. The fraction of sp³-hybridized carbons (Fsp3) is 0.500. The van der Waals surface area contributed by atoms with Crippen LogP contribution in [0.1, 0.15) is 56.8 Å². The molecule has 0 unspecified atom stereocenters. The Balaban J connectivity index is 1.61. The largest absolute Gasteiger partial charge is 0.342 e. The van der Waals surface area contributed by atoms with Crippen LogP contribution in [0, 0.1) is 5.92 Å². The predicted molar refractivity (Wildman–Crippen MR) is 114 cm³/mol. The Morgan fingerprint density at radius 1 is 1.23 bits per heavy atom. The number of amides is 1. The maximum absolute atomic E-state index is 12.8. The summed E-state index contributed by atoms with van der Waals surface area (Å²) in [6, 6.07) is 9.90. The molecule has 158 valence electrons. The second-order valence-electron chi connectivity index (χ2n) is 7.99. The number of nitrogens with one attached hydrogen (secondary N) is 1. The molecule has 30 heavy (non-hydrogen) atoms. The first-order chi connectivity index (χ1) is 14.6. The molecule has 1 amide bonds. The average Bonchev–Trinajstić information content (AvgIpc) is 3.18. The molecule has 8 nitrogen and oxygen atoms in total. The van der Waals surface area contributed by atoms with Gasteiger partial charge >= 0.3 is 0 Å². The number of piperidine rings is 1. The molecule has 4 rings (SSSR count). The SMILES string of the molecule is CCC(CC)C(=O)N1CCC[C@@H](c2nc3c(nnn3Cc3ccccc3)c(=O)[nH]2)C1. The highest BCUT2D eigenvalue weighted by Gasteiger charge is 2.29. The lowest BCUT2D eigenvalue weighted by Gasteiger charge is -2.34. The minimum atomic E-state index is -0.280. The standard InChI is InChI=1S/C22H28N6O2/c1-3-16(4-2)22(30)27-12-8-11-17(14-27)19-23-20-18(21(29)24-19)25-26-28(20)13-15-9-6-5-7-10-15/h5-7,9-10,16-17H,3-4,8,11-14H2,1-2H3,(H,23,24,29)/t17-/m1/s1. The van der Waals surface area contributed by atoms with Gasteiger partial charge in [-0.15, -0.1) is 5.10 Å². The molecule has 0 spiro atoms. The van der Waals surface area contributed by atoms with Gasteiger partial charge < -0.3 is 9.88 Å². The monoisotopic (exact) mass is 408 g/mol. The average molecular weight is 409 g/mol. The number of carbonyl (C=O) groups is 1. The number of H-pyrrole nitrogens is 1. The van der Waals surface area contributed by atoms with E-state index in [2.05, 4.69) is 29.1 Å². The predicted octanol–water partition coefficient (Wildman–Crippen LogP) is 2.71. The molecule has 1 saturated heterocycles. The fourth-order valence-corrected chi connectivity index (χ4v) is 4.24. The highest BCUT2D eigenvalue weighted by Crippen LogP contribution is 2.26. The number of fused-ring (bicyclic) bond motifs is 1. The van der Waals surface area contributed by atoms with Crippen molar-refractivity contribution in [3.05, 3.63) is 52.1 Å². The van der Waals surface area contributed by atoms with Gasteiger partial charge in [-0.2, -0.15) is 0 Å². The summed E-state index contributed by atoms with van der Waals surface area (Å²) in [6.07, 6.45) is 3.49. The summed E-state index contributed by atoms with van der Waals surface area (Å²) in [5.74, 6) is 0.902. The van der Waals surface area contributed by atoms with Gasteiger partial charge in [-0.3, -0.25) is 9.59 Å². The van der Waals surface area contributed by atoms with E-state index in [0.717, 1.165) is 37.8 Å². The van der Waals surface area contributed by atoms with E-state index in [0.29, 0.717) is 24.6 Å². The van der Waals surface area contributed by atoms with Crippen LogP contribution in [0.15, 0.2) is 35.1 Å². The van der Waals surface area contributed by atoms with E-state index in [1.54, 1.807) is 4.68 Å². The third-order valence-corrected chi connectivity index (χ3v) is 6.02. The molecule has 1 fully saturated rings. The maximum Gasteiger partial charge on any atom is 0.281 e. The molecule has 1 aromatic carbocycles. The summed E-state index contributed by atoms with van der Waals surface area (Å²) in [5.41, 5.74) is 1.52. The van der Waals surface area contributed by atoms with Crippen LogP contribution in [0.4, 0.5) is 0 Å². The first-order valence-corrected chi connectivity index (χ1v) is 10.8. The number of aromatic nitrogens is 5. The van der Waals surface area contributed by atoms with Crippen molar-refractivity contribution in [1.82, 2.24) is 29.9 Å². The summed E-state index contributed by atoms with van der Waals surface area (Å²) in [7, 11) is 0. The minimum absolute atomic E-state index is 0.00855. The summed E-state index contributed by atoms with van der Waals surface area (Å²) in [4.78, 5) is 35.0. The normalized spacial score (nSPS) is 17.0. The quantitative estimate of drug-likeness (QED) is 0.676. The third kappa shape index (κ3) is 3.99. The van der Waals surface area contributed by atoms with Crippen molar-refractivity contribution >= 4 is 17.1 Å². The van der Waals surface area contributed by atoms with Crippen LogP contribution in [0.5, 0.6) is 0 Å². The highest BCUT2D eigenvalue weighted by atomic mass is 16.2. The summed E-state index contributed by atoms with van der Waals surface area (Å²) in [6.45, 7) is 5.97. The van der Waals surface area contributed by atoms with Crippen LogP contribution in [-0.4, -0.2) is 48.9 Å². The zero-order valence-electron chi connectivity index (χ0n) is 17.5. The van der Waals surface area contributed by atoms with Crippen LogP contribution < -0.4 is 5.56 Å². The van der Waals surface area contributed by atoms with Gasteiger partial charge in [0.05, 0.1) is 6.54 Å². The number of likely N-dealkylation sites (tertiary alicyclic amines) is 1. The van der Waals surface area contributed by atoms with Crippen molar-refractivity contribution in [2.75, 3.05) is 13.1 Å². The van der Waals surface area contributed by atoms with E-state index in [-0.39, 0.29) is 28.8 Å². The first-order valence-electron chi connectivity index (χ1n) is 10.8. The van der Waals surface area contributed by atoms with Crippen molar-refractivity contribution in [3.63, 3.8) is 0 Å². The maximum atomic E-state index is 12.8. The molecule has 0 bridgehead atoms. The van der Waals surface area contributed by atoms with E-state index in [1.807, 2.05) is 35.2 Å². The van der Waals surface area contributed by atoms with Crippen LogP contribution in [0.3, 0.4) is 0 Å². The number of aromatic amines is 1. The van der Waals surface area contributed by atoms with Gasteiger partial charge in [0, 0.05) is 24.9 Å². The second-order valence-corrected chi connectivity index (χ2v) is 7.99. The Morgan fingerprint density at radius 3 is 2.73 bits per heavy atom. The number of benzene rings is 1. The number of rotatable bonds is 6.